The highest BCUT2D eigenvalue weighted by atomic mass is 32.1. The van der Waals surface area contributed by atoms with Gasteiger partial charge in [-0.3, -0.25) is 0 Å². The van der Waals surface area contributed by atoms with Crippen LogP contribution < -0.4 is 9.47 Å². The maximum absolute atomic E-state index is 13.0. The summed E-state index contributed by atoms with van der Waals surface area (Å²) >= 11 is 1.41. The van der Waals surface area contributed by atoms with E-state index >= 15 is 0 Å². The van der Waals surface area contributed by atoms with Crippen LogP contribution in [0.5, 0.6) is 17.4 Å². The van der Waals surface area contributed by atoms with E-state index < -0.39 is 11.7 Å². The van der Waals surface area contributed by atoms with Crippen LogP contribution in [0.25, 0.3) is 21.3 Å². The Bertz CT molecular complexity index is 1120. The second kappa shape index (κ2) is 7.12. The minimum absolute atomic E-state index is 0.0571. The van der Waals surface area contributed by atoms with Crippen LogP contribution >= 0.6 is 11.3 Å². The molecule has 4 nitrogen and oxygen atoms in total. The van der Waals surface area contributed by atoms with Crippen LogP contribution in [0.15, 0.2) is 60.2 Å². The van der Waals surface area contributed by atoms with Crippen molar-refractivity contribution in [3.05, 3.63) is 65.8 Å². The molecule has 142 valence electrons. The second-order valence-electron chi connectivity index (χ2n) is 5.86. The first-order chi connectivity index (χ1) is 13.5. The van der Waals surface area contributed by atoms with Gasteiger partial charge in [-0.1, -0.05) is 18.2 Å². The Kier molecular flexibility index (Phi) is 4.64. The number of thiophene rings is 1. The molecule has 0 atom stereocenters. The third-order valence-electron chi connectivity index (χ3n) is 4.11. The van der Waals surface area contributed by atoms with Gasteiger partial charge in [-0.05, 0) is 35.9 Å². The summed E-state index contributed by atoms with van der Waals surface area (Å²) in [7, 11) is 1.59. The lowest BCUT2D eigenvalue weighted by Gasteiger charge is -2.10. The molecule has 2 aromatic heterocycles. The van der Waals surface area contributed by atoms with Crippen molar-refractivity contribution in [1.29, 1.82) is 0 Å². The molecule has 8 heteroatoms. The van der Waals surface area contributed by atoms with Gasteiger partial charge in [0.1, 0.15) is 22.7 Å². The minimum Gasteiger partial charge on any atom is -0.497 e. The molecule has 4 rings (SSSR count). The van der Waals surface area contributed by atoms with Crippen LogP contribution in [0.2, 0.25) is 0 Å². The first-order valence-corrected chi connectivity index (χ1v) is 9.05. The number of nitrogens with zero attached hydrogens (tertiary/aromatic N) is 2. The molecule has 0 spiro atoms. The molecule has 2 heterocycles. The monoisotopic (exact) mass is 402 g/mol. The molecule has 0 aliphatic carbocycles. The Morgan fingerprint density at radius 1 is 0.964 bits per heavy atom. The summed E-state index contributed by atoms with van der Waals surface area (Å²) in [6.45, 7) is 0. The quantitative estimate of drug-likeness (QED) is 0.409. The van der Waals surface area contributed by atoms with Crippen molar-refractivity contribution < 1.29 is 22.6 Å². The van der Waals surface area contributed by atoms with E-state index in [1.807, 2.05) is 29.6 Å². The van der Waals surface area contributed by atoms with Crippen LogP contribution in [-0.2, 0) is 6.18 Å². The van der Waals surface area contributed by atoms with E-state index in [0.717, 1.165) is 29.0 Å². The lowest BCUT2D eigenvalue weighted by Crippen LogP contribution is -2.04. The smallest absolute Gasteiger partial charge is 0.416 e. The largest absolute Gasteiger partial charge is 0.497 e. The summed E-state index contributed by atoms with van der Waals surface area (Å²) < 4.78 is 49.8. The van der Waals surface area contributed by atoms with Gasteiger partial charge in [-0.15, -0.1) is 11.3 Å². The molecule has 4 aromatic rings. The summed E-state index contributed by atoms with van der Waals surface area (Å²) in [5.74, 6) is 0.984. The fraction of sp³-hybridized carbons (Fsp3) is 0.100. The van der Waals surface area contributed by atoms with Crippen molar-refractivity contribution in [1.82, 2.24) is 9.97 Å². The number of fused-ring (bicyclic) bond motifs is 1. The Morgan fingerprint density at radius 2 is 1.75 bits per heavy atom. The van der Waals surface area contributed by atoms with Crippen molar-refractivity contribution in [2.45, 2.75) is 6.18 Å². The predicted octanol–water partition coefficient (Wildman–Crippen LogP) is 6.18. The maximum atomic E-state index is 13.0. The highest BCUT2D eigenvalue weighted by molar-refractivity contribution is 7.17. The molecule has 0 unspecified atom stereocenters. The van der Waals surface area contributed by atoms with Crippen molar-refractivity contribution in [2.24, 2.45) is 0 Å². The van der Waals surface area contributed by atoms with E-state index in [2.05, 4.69) is 9.97 Å². The lowest BCUT2D eigenvalue weighted by atomic mass is 10.1. The molecule has 28 heavy (non-hydrogen) atoms. The molecular formula is C20H13F3N2O2S. The molecule has 2 aromatic carbocycles. The van der Waals surface area contributed by atoms with Crippen molar-refractivity contribution in [3.8, 4) is 28.5 Å². The summed E-state index contributed by atoms with van der Waals surface area (Å²) in [6, 6.07) is 12.1. The number of ether oxygens (including phenoxy) is 2. The van der Waals surface area contributed by atoms with E-state index in [1.165, 1.54) is 29.8 Å². The normalized spacial score (nSPS) is 11.6. The Labute approximate surface area is 162 Å². The molecule has 0 amide bonds. The van der Waals surface area contributed by atoms with Crippen LogP contribution in [0, 0.1) is 0 Å². The average molecular weight is 402 g/mol. The molecule has 0 bridgehead atoms. The van der Waals surface area contributed by atoms with Gasteiger partial charge in [0, 0.05) is 10.9 Å². The molecule has 0 aliphatic heterocycles. The third kappa shape index (κ3) is 3.50. The molecule has 0 N–H and O–H groups in total. The number of hydrogen-bond donors (Lipinski definition) is 0. The summed E-state index contributed by atoms with van der Waals surface area (Å²) in [4.78, 5) is 9.08. The average Bonchev–Trinajstić information content (AvgIpc) is 3.13. The molecule has 0 radical (unpaired) electrons. The van der Waals surface area contributed by atoms with Crippen molar-refractivity contribution in [2.75, 3.05) is 7.11 Å². The molecule has 0 saturated carbocycles. The Morgan fingerprint density at radius 3 is 2.46 bits per heavy atom. The van der Waals surface area contributed by atoms with Crippen LogP contribution in [-0.4, -0.2) is 17.1 Å². The van der Waals surface area contributed by atoms with E-state index in [4.69, 9.17) is 9.47 Å². The van der Waals surface area contributed by atoms with Crippen LogP contribution in [0.4, 0.5) is 13.2 Å². The first kappa shape index (κ1) is 18.2. The molecular weight excluding hydrogens is 389 g/mol. The molecule has 0 fully saturated rings. The standard InChI is InChI=1S/C20H13F3N2O2S/c1-26-14-7-5-12(6-8-14)16-10-28-19-17(16)18(24-11-25-19)27-15-4-2-3-13(9-15)20(21,22)23/h2-11H,1H3. The highest BCUT2D eigenvalue weighted by Crippen LogP contribution is 2.40. The van der Waals surface area contributed by atoms with Gasteiger partial charge >= 0.3 is 6.18 Å². The van der Waals surface area contributed by atoms with E-state index in [0.29, 0.717) is 10.2 Å². The summed E-state index contributed by atoms with van der Waals surface area (Å²) in [6.07, 6.45) is -3.11. The summed E-state index contributed by atoms with van der Waals surface area (Å²) in [5, 5.41) is 2.57. The van der Waals surface area contributed by atoms with Crippen molar-refractivity contribution in [3.63, 3.8) is 0 Å². The predicted molar refractivity (Wildman–Crippen MR) is 101 cm³/mol. The number of methoxy groups -OCH3 is 1. The van der Waals surface area contributed by atoms with Gasteiger partial charge in [0.25, 0.3) is 0 Å². The molecule has 0 saturated heterocycles. The summed E-state index contributed by atoms with van der Waals surface area (Å²) in [5.41, 5.74) is 0.956. The fourth-order valence-corrected chi connectivity index (χ4v) is 3.66. The van der Waals surface area contributed by atoms with E-state index in [9.17, 15) is 13.2 Å². The van der Waals surface area contributed by atoms with Crippen LogP contribution in [0.1, 0.15) is 5.56 Å². The minimum atomic E-state index is -4.45. The number of alkyl halides is 3. The highest BCUT2D eigenvalue weighted by Gasteiger charge is 2.30. The third-order valence-corrected chi connectivity index (χ3v) is 5.00. The SMILES string of the molecule is COc1ccc(-c2csc3ncnc(Oc4cccc(C(F)(F)F)c4)c23)cc1. The Hall–Kier alpha value is -3.13. The van der Waals surface area contributed by atoms with E-state index in [1.54, 1.807) is 7.11 Å². The van der Waals surface area contributed by atoms with Crippen molar-refractivity contribution >= 4 is 21.6 Å². The lowest BCUT2D eigenvalue weighted by molar-refractivity contribution is -0.137. The van der Waals surface area contributed by atoms with Gasteiger partial charge in [-0.2, -0.15) is 13.2 Å². The number of aromatic nitrogens is 2. The number of benzene rings is 2. The van der Waals surface area contributed by atoms with Gasteiger partial charge in [0.05, 0.1) is 18.1 Å². The van der Waals surface area contributed by atoms with Gasteiger partial charge in [0.2, 0.25) is 5.88 Å². The fourth-order valence-electron chi connectivity index (χ4n) is 2.76. The van der Waals surface area contributed by atoms with Gasteiger partial charge in [-0.25, -0.2) is 9.97 Å². The van der Waals surface area contributed by atoms with Gasteiger partial charge < -0.3 is 9.47 Å². The number of rotatable bonds is 4. The van der Waals surface area contributed by atoms with Crippen LogP contribution in [0.3, 0.4) is 0 Å². The molecule has 0 aliphatic rings. The second-order valence-corrected chi connectivity index (χ2v) is 6.72. The topological polar surface area (TPSA) is 44.2 Å². The van der Waals surface area contributed by atoms with Gasteiger partial charge in [0.15, 0.2) is 0 Å². The van der Waals surface area contributed by atoms with E-state index in [-0.39, 0.29) is 11.6 Å². The zero-order chi connectivity index (χ0) is 19.7. The number of hydrogen-bond acceptors (Lipinski definition) is 5. The Balaban J connectivity index is 1.77. The maximum Gasteiger partial charge on any atom is 0.416 e. The zero-order valence-electron chi connectivity index (χ0n) is 14.5. The number of halogens is 3. The first-order valence-electron chi connectivity index (χ1n) is 8.17. The zero-order valence-corrected chi connectivity index (χ0v) is 15.3.